The van der Waals surface area contributed by atoms with Crippen molar-refractivity contribution in [2.45, 2.75) is 0 Å². The maximum atomic E-state index is 12.6. The highest BCUT2D eigenvalue weighted by Crippen LogP contribution is 2.23. The van der Waals surface area contributed by atoms with E-state index in [0.717, 1.165) is 11.1 Å². The first-order chi connectivity index (χ1) is 6.66. The predicted molar refractivity (Wildman–Crippen MR) is 51.7 cm³/mol. The molecule has 0 fully saturated rings. The van der Waals surface area contributed by atoms with E-state index in [0.29, 0.717) is 5.70 Å². The summed E-state index contributed by atoms with van der Waals surface area (Å²) < 4.78 is 12.6. The Labute approximate surface area is 80.7 Å². The van der Waals surface area contributed by atoms with Crippen molar-refractivity contribution in [2.75, 3.05) is 0 Å². The van der Waals surface area contributed by atoms with E-state index in [1.807, 2.05) is 0 Å². The maximum Gasteiger partial charge on any atom is 0.249 e. The van der Waals surface area contributed by atoms with Crippen LogP contribution in [0, 0.1) is 5.82 Å². The van der Waals surface area contributed by atoms with Gasteiger partial charge in [0, 0.05) is 17.3 Å². The highest BCUT2D eigenvalue weighted by Gasteiger charge is 2.16. The molecule has 0 saturated carbocycles. The molecular weight excluding hydrogens is 181 g/mol. The quantitative estimate of drug-likeness (QED) is 0.717. The highest BCUT2D eigenvalue weighted by atomic mass is 19.1. The number of carbonyl (C=O) groups excluding carboxylic acids is 1. The highest BCUT2D eigenvalue weighted by molar-refractivity contribution is 6.06. The van der Waals surface area contributed by atoms with Gasteiger partial charge in [0.2, 0.25) is 5.91 Å². The van der Waals surface area contributed by atoms with E-state index in [9.17, 15) is 9.18 Å². The lowest BCUT2D eigenvalue weighted by Gasteiger charge is -2.02. The van der Waals surface area contributed by atoms with Crippen molar-refractivity contribution < 1.29 is 9.18 Å². The minimum absolute atomic E-state index is 0.186. The third-order valence-corrected chi connectivity index (χ3v) is 2.03. The Balaban J connectivity index is 2.41. The van der Waals surface area contributed by atoms with Gasteiger partial charge in [0.25, 0.3) is 0 Å². The number of hydrogen-bond donors (Lipinski definition) is 1. The second kappa shape index (κ2) is 3.10. The van der Waals surface area contributed by atoms with Crippen LogP contribution in [0.1, 0.15) is 5.56 Å². The molecule has 1 aromatic carbocycles. The van der Waals surface area contributed by atoms with Crippen LogP contribution in [0.3, 0.4) is 0 Å². The Morgan fingerprint density at radius 2 is 1.86 bits per heavy atom. The smallest absolute Gasteiger partial charge is 0.249 e. The summed E-state index contributed by atoms with van der Waals surface area (Å²) in [5, 5.41) is 2.56. The molecule has 0 aromatic heterocycles. The number of halogens is 1. The third-order valence-electron chi connectivity index (χ3n) is 2.03. The van der Waals surface area contributed by atoms with Crippen LogP contribution in [0.15, 0.2) is 42.6 Å². The van der Waals surface area contributed by atoms with Crippen LogP contribution in [0.2, 0.25) is 0 Å². The number of benzene rings is 1. The average Bonchev–Trinajstić information content (AvgIpc) is 2.47. The molecule has 0 spiro atoms. The lowest BCUT2D eigenvalue weighted by molar-refractivity contribution is -0.115. The van der Waals surface area contributed by atoms with Gasteiger partial charge in [-0.15, -0.1) is 0 Å². The van der Waals surface area contributed by atoms with Gasteiger partial charge in [-0.3, -0.25) is 4.79 Å². The molecule has 1 aliphatic heterocycles. The fourth-order valence-corrected chi connectivity index (χ4v) is 1.36. The van der Waals surface area contributed by atoms with Gasteiger partial charge in [-0.2, -0.15) is 0 Å². The zero-order valence-electron chi connectivity index (χ0n) is 7.38. The molecule has 1 amide bonds. The second-order valence-corrected chi connectivity index (χ2v) is 3.03. The van der Waals surface area contributed by atoms with Crippen LogP contribution in [-0.4, -0.2) is 5.91 Å². The monoisotopic (exact) mass is 189 g/mol. The molecule has 1 aromatic rings. The van der Waals surface area contributed by atoms with E-state index in [2.05, 4.69) is 11.9 Å². The lowest BCUT2D eigenvalue weighted by atomic mass is 10.1. The van der Waals surface area contributed by atoms with Gasteiger partial charge in [-0.1, -0.05) is 18.7 Å². The van der Waals surface area contributed by atoms with Crippen LogP contribution in [-0.2, 0) is 4.79 Å². The Morgan fingerprint density at radius 3 is 2.36 bits per heavy atom. The minimum atomic E-state index is -0.294. The van der Waals surface area contributed by atoms with E-state index in [4.69, 9.17) is 0 Å². The SMILES string of the molecule is C=C1NC(=O)C=C1c1ccc(F)cc1. The molecular formula is C11H8FNO. The molecule has 14 heavy (non-hydrogen) atoms. The number of amides is 1. The molecule has 0 saturated heterocycles. The van der Waals surface area contributed by atoms with E-state index in [1.165, 1.54) is 18.2 Å². The van der Waals surface area contributed by atoms with Crippen LogP contribution in [0.25, 0.3) is 5.57 Å². The second-order valence-electron chi connectivity index (χ2n) is 3.03. The largest absolute Gasteiger partial charge is 0.322 e. The molecule has 0 radical (unpaired) electrons. The Kier molecular flexibility index (Phi) is 1.93. The van der Waals surface area contributed by atoms with E-state index in [-0.39, 0.29) is 11.7 Å². The summed E-state index contributed by atoms with van der Waals surface area (Å²) in [7, 11) is 0. The van der Waals surface area contributed by atoms with Crippen molar-refractivity contribution >= 4 is 11.5 Å². The van der Waals surface area contributed by atoms with Crippen LogP contribution in [0.5, 0.6) is 0 Å². The van der Waals surface area contributed by atoms with Crippen molar-refractivity contribution in [3.05, 3.63) is 54.0 Å². The standard InChI is InChI=1S/C11H8FNO/c1-7-10(6-11(14)13-7)8-2-4-9(12)5-3-8/h2-6H,1H2,(H,13,14). The Bertz CT molecular complexity index is 431. The Hall–Kier alpha value is -1.90. The normalized spacial score (nSPS) is 15.4. The van der Waals surface area contributed by atoms with Gasteiger partial charge in [-0.25, -0.2) is 4.39 Å². The molecule has 0 aliphatic carbocycles. The molecule has 1 N–H and O–H groups in total. The predicted octanol–water partition coefficient (Wildman–Crippen LogP) is 1.85. The van der Waals surface area contributed by atoms with Gasteiger partial charge in [-0.05, 0) is 17.7 Å². The van der Waals surface area contributed by atoms with E-state index in [1.54, 1.807) is 12.1 Å². The van der Waals surface area contributed by atoms with Gasteiger partial charge in [0.1, 0.15) is 5.82 Å². The van der Waals surface area contributed by atoms with Crippen molar-refractivity contribution in [2.24, 2.45) is 0 Å². The average molecular weight is 189 g/mol. The van der Waals surface area contributed by atoms with Crippen molar-refractivity contribution in [3.63, 3.8) is 0 Å². The first-order valence-electron chi connectivity index (χ1n) is 4.15. The molecule has 0 bridgehead atoms. The molecule has 2 rings (SSSR count). The van der Waals surface area contributed by atoms with Crippen LogP contribution >= 0.6 is 0 Å². The van der Waals surface area contributed by atoms with E-state index >= 15 is 0 Å². The molecule has 3 heteroatoms. The van der Waals surface area contributed by atoms with Gasteiger partial charge < -0.3 is 5.32 Å². The number of nitrogens with one attached hydrogen (secondary N) is 1. The molecule has 2 nitrogen and oxygen atoms in total. The first-order valence-corrected chi connectivity index (χ1v) is 4.15. The number of allylic oxidation sites excluding steroid dienone is 1. The summed E-state index contributed by atoms with van der Waals surface area (Å²) in [6, 6.07) is 5.94. The summed E-state index contributed by atoms with van der Waals surface area (Å²) in [5.41, 5.74) is 2.06. The van der Waals surface area contributed by atoms with Crippen molar-refractivity contribution in [1.29, 1.82) is 0 Å². The fourth-order valence-electron chi connectivity index (χ4n) is 1.36. The third kappa shape index (κ3) is 1.44. The first kappa shape index (κ1) is 8.69. The fraction of sp³-hybridized carbons (Fsp3) is 0. The number of carbonyl (C=O) groups is 1. The zero-order valence-corrected chi connectivity index (χ0v) is 7.38. The topological polar surface area (TPSA) is 29.1 Å². The molecule has 1 heterocycles. The summed E-state index contributed by atoms with van der Waals surface area (Å²) in [5.74, 6) is -0.480. The summed E-state index contributed by atoms with van der Waals surface area (Å²) in [6.07, 6.45) is 1.45. The molecule has 1 aliphatic rings. The molecule has 0 unspecified atom stereocenters. The zero-order chi connectivity index (χ0) is 10.1. The molecule has 0 atom stereocenters. The van der Waals surface area contributed by atoms with Crippen LogP contribution < -0.4 is 5.32 Å². The Morgan fingerprint density at radius 1 is 1.21 bits per heavy atom. The van der Waals surface area contributed by atoms with Gasteiger partial charge in [0.05, 0.1) is 0 Å². The molecule has 70 valence electrons. The lowest BCUT2D eigenvalue weighted by Crippen LogP contribution is -2.12. The summed E-state index contributed by atoms with van der Waals surface area (Å²) in [4.78, 5) is 11.0. The van der Waals surface area contributed by atoms with Gasteiger partial charge in [0.15, 0.2) is 0 Å². The van der Waals surface area contributed by atoms with E-state index < -0.39 is 0 Å². The van der Waals surface area contributed by atoms with Crippen molar-refractivity contribution in [1.82, 2.24) is 5.32 Å². The number of rotatable bonds is 1. The number of hydrogen-bond acceptors (Lipinski definition) is 1. The van der Waals surface area contributed by atoms with Crippen LogP contribution in [0.4, 0.5) is 4.39 Å². The minimum Gasteiger partial charge on any atom is -0.322 e. The van der Waals surface area contributed by atoms with Crippen molar-refractivity contribution in [3.8, 4) is 0 Å². The maximum absolute atomic E-state index is 12.6. The summed E-state index contributed by atoms with van der Waals surface area (Å²) in [6.45, 7) is 3.69. The summed E-state index contributed by atoms with van der Waals surface area (Å²) >= 11 is 0. The van der Waals surface area contributed by atoms with Gasteiger partial charge >= 0.3 is 0 Å².